The third-order valence-electron chi connectivity index (χ3n) is 4.54. The Hall–Kier alpha value is -2.64. The summed E-state index contributed by atoms with van der Waals surface area (Å²) >= 11 is 0. The van der Waals surface area contributed by atoms with Crippen LogP contribution in [0.3, 0.4) is 0 Å². The van der Waals surface area contributed by atoms with Crippen LogP contribution in [0.2, 0.25) is 0 Å². The number of rotatable bonds is 10. The maximum absolute atomic E-state index is 12.5. The summed E-state index contributed by atoms with van der Waals surface area (Å²) in [7, 11) is 0. The maximum atomic E-state index is 12.5. The van der Waals surface area contributed by atoms with Gasteiger partial charge in [-0.3, -0.25) is 14.9 Å². The molecule has 0 aliphatic carbocycles. The number of nitrogens with zero attached hydrogens (tertiary/aromatic N) is 2. The quantitative estimate of drug-likeness (QED) is 0.291. The van der Waals surface area contributed by atoms with E-state index in [-0.39, 0.29) is 17.2 Å². The van der Waals surface area contributed by atoms with E-state index in [0.29, 0.717) is 12.2 Å². The Morgan fingerprint density at radius 3 is 2.63 bits per heavy atom. The van der Waals surface area contributed by atoms with Gasteiger partial charge in [-0.2, -0.15) is 0 Å². The van der Waals surface area contributed by atoms with Gasteiger partial charge in [0.05, 0.1) is 16.2 Å². The van der Waals surface area contributed by atoms with Crippen molar-refractivity contribution in [1.82, 2.24) is 5.32 Å². The van der Waals surface area contributed by atoms with Gasteiger partial charge in [-0.05, 0) is 25.3 Å². The molecule has 1 heterocycles. The van der Waals surface area contributed by atoms with Crippen LogP contribution in [0, 0.1) is 10.1 Å². The molecule has 1 saturated heterocycles. The molecule has 8 nitrogen and oxygen atoms in total. The van der Waals surface area contributed by atoms with Crippen molar-refractivity contribution in [2.24, 2.45) is 0 Å². The van der Waals surface area contributed by atoms with Crippen molar-refractivity contribution in [1.29, 1.82) is 0 Å². The number of nitrogens with one attached hydrogen (secondary N) is 1. The normalized spacial score (nSPS) is 13.4. The minimum absolute atomic E-state index is 0.127. The molecule has 1 fully saturated rings. The fourth-order valence-corrected chi connectivity index (χ4v) is 3.07. The summed E-state index contributed by atoms with van der Waals surface area (Å²) in [6.45, 7) is 3.84. The molecular weight excluding hydrogens is 350 g/mol. The van der Waals surface area contributed by atoms with Crippen LogP contribution in [0.15, 0.2) is 18.2 Å². The smallest absolute Gasteiger partial charge is 0.341 e. The second-order valence-corrected chi connectivity index (χ2v) is 6.64. The third kappa shape index (κ3) is 6.23. The summed E-state index contributed by atoms with van der Waals surface area (Å²) in [5.41, 5.74) is 0.565. The Kier molecular flexibility index (Phi) is 8.03. The molecule has 8 heteroatoms. The number of benzene rings is 1. The van der Waals surface area contributed by atoms with Crippen molar-refractivity contribution in [3.05, 3.63) is 33.9 Å². The zero-order valence-electron chi connectivity index (χ0n) is 15.7. The standard InChI is InChI=1S/C19H27N3O5/c1-2-3-4-5-10-20-18(23)14-27-19(24)16-13-15(22(25)26)8-9-17(16)21-11-6-7-12-21/h8-9,13H,2-7,10-12,14H2,1H3,(H,20,23). The number of hydrogen-bond acceptors (Lipinski definition) is 6. The van der Waals surface area contributed by atoms with E-state index in [1.54, 1.807) is 6.07 Å². The zero-order valence-corrected chi connectivity index (χ0v) is 15.7. The van der Waals surface area contributed by atoms with Crippen molar-refractivity contribution >= 4 is 23.3 Å². The number of amides is 1. The van der Waals surface area contributed by atoms with Gasteiger partial charge in [0.25, 0.3) is 11.6 Å². The van der Waals surface area contributed by atoms with E-state index < -0.39 is 17.5 Å². The van der Waals surface area contributed by atoms with Gasteiger partial charge in [0.2, 0.25) is 0 Å². The van der Waals surface area contributed by atoms with Crippen molar-refractivity contribution in [3.8, 4) is 0 Å². The molecule has 0 saturated carbocycles. The average Bonchev–Trinajstić information content (AvgIpc) is 3.20. The number of nitro benzene ring substituents is 1. The monoisotopic (exact) mass is 377 g/mol. The van der Waals surface area contributed by atoms with E-state index in [0.717, 1.165) is 51.6 Å². The number of ether oxygens (including phenoxy) is 1. The van der Waals surface area contributed by atoms with Gasteiger partial charge >= 0.3 is 5.97 Å². The molecule has 1 aliphatic heterocycles. The molecule has 0 radical (unpaired) electrons. The van der Waals surface area contributed by atoms with Crippen LogP contribution in [0.4, 0.5) is 11.4 Å². The fourth-order valence-electron chi connectivity index (χ4n) is 3.07. The summed E-state index contributed by atoms with van der Waals surface area (Å²) in [6, 6.07) is 4.18. The lowest BCUT2D eigenvalue weighted by Gasteiger charge is -2.20. The van der Waals surface area contributed by atoms with E-state index in [9.17, 15) is 19.7 Å². The van der Waals surface area contributed by atoms with Crippen LogP contribution < -0.4 is 10.2 Å². The molecule has 148 valence electrons. The second-order valence-electron chi connectivity index (χ2n) is 6.64. The Balaban J connectivity index is 1.96. The van der Waals surface area contributed by atoms with Crippen LogP contribution in [0.5, 0.6) is 0 Å². The van der Waals surface area contributed by atoms with Gasteiger partial charge in [0, 0.05) is 31.8 Å². The number of anilines is 1. The van der Waals surface area contributed by atoms with Gasteiger partial charge in [0.15, 0.2) is 6.61 Å². The zero-order chi connectivity index (χ0) is 19.6. The summed E-state index contributed by atoms with van der Waals surface area (Å²) in [6.07, 6.45) is 6.18. The SMILES string of the molecule is CCCCCCNC(=O)COC(=O)c1cc([N+](=O)[O-])ccc1N1CCCC1. The lowest BCUT2D eigenvalue weighted by atomic mass is 10.1. The molecule has 1 aromatic rings. The first-order valence-corrected chi connectivity index (χ1v) is 9.50. The molecule has 0 spiro atoms. The molecule has 1 aliphatic rings. The van der Waals surface area contributed by atoms with E-state index in [1.807, 2.05) is 4.90 Å². The van der Waals surface area contributed by atoms with Gasteiger partial charge in [-0.15, -0.1) is 0 Å². The minimum Gasteiger partial charge on any atom is -0.452 e. The fraction of sp³-hybridized carbons (Fsp3) is 0.579. The summed E-state index contributed by atoms with van der Waals surface area (Å²) in [5.74, 6) is -1.09. The van der Waals surface area contributed by atoms with E-state index in [4.69, 9.17) is 4.74 Å². The van der Waals surface area contributed by atoms with Crippen LogP contribution >= 0.6 is 0 Å². The Morgan fingerprint density at radius 1 is 1.22 bits per heavy atom. The number of non-ortho nitro benzene ring substituents is 1. The predicted octanol–water partition coefficient (Wildman–Crippen LogP) is 3.05. The lowest BCUT2D eigenvalue weighted by molar-refractivity contribution is -0.384. The average molecular weight is 377 g/mol. The van der Waals surface area contributed by atoms with Crippen molar-refractivity contribution in [3.63, 3.8) is 0 Å². The second kappa shape index (κ2) is 10.5. The summed E-state index contributed by atoms with van der Waals surface area (Å²) < 4.78 is 5.10. The number of esters is 1. The van der Waals surface area contributed by atoms with Gasteiger partial charge in [-0.25, -0.2) is 4.79 Å². The Morgan fingerprint density at radius 2 is 1.96 bits per heavy atom. The van der Waals surface area contributed by atoms with Crippen molar-refractivity contribution < 1.29 is 19.2 Å². The van der Waals surface area contributed by atoms with E-state index >= 15 is 0 Å². The summed E-state index contributed by atoms with van der Waals surface area (Å²) in [4.78, 5) is 36.8. The highest BCUT2D eigenvalue weighted by atomic mass is 16.6. The van der Waals surface area contributed by atoms with Gasteiger partial charge in [0.1, 0.15) is 0 Å². The van der Waals surface area contributed by atoms with E-state index in [2.05, 4.69) is 12.2 Å². The highest BCUT2D eigenvalue weighted by Gasteiger charge is 2.23. The van der Waals surface area contributed by atoms with Crippen LogP contribution in [0.1, 0.15) is 55.8 Å². The predicted molar refractivity (Wildman–Crippen MR) is 102 cm³/mol. The molecule has 0 aromatic heterocycles. The highest BCUT2D eigenvalue weighted by Crippen LogP contribution is 2.28. The first-order valence-electron chi connectivity index (χ1n) is 9.50. The van der Waals surface area contributed by atoms with Crippen LogP contribution in [0.25, 0.3) is 0 Å². The topological polar surface area (TPSA) is 102 Å². The first-order chi connectivity index (χ1) is 13.0. The van der Waals surface area contributed by atoms with E-state index in [1.165, 1.54) is 12.1 Å². The first kappa shape index (κ1) is 20.7. The molecule has 0 bridgehead atoms. The molecule has 1 N–H and O–H groups in total. The minimum atomic E-state index is -0.721. The molecule has 27 heavy (non-hydrogen) atoms. The Labute approximate surface area is 159 Å². The summed E-state index contributed by atoms with van der Waals surface area (Å²) in [5, 5.41) is 13.8. The number of nitro groups is 1. The van der Waals surface area contributed by atoms with Crippen molar-refractivity contribution in [2.75, 3.05) is 31.1 Å². The third-order valence-corrected chi connectivity index (χ3v) is 4.54. The molecule has 0 unspecified atom stereocenters. The van der Waals surface area contributed by atoms with Gasteiger partial charge in [-0.1, -0.05) is 26.2 Å². The van der Waals surface area contributed by atoms with Crippen molar-refractivity contribution in [2.45, 2.75) is 45.4 Å². The molecule has 0 atom stereocenters. The lowest BCUT2D eigenvalue weighted by Crippen LogP contribution is -2.30. The number of hydrogen-bond donors (Lipinski definition) is 1. The highest BCUT2D eigenvalue weighted by molar-refractivity contribution is 5.97. The number of unbranched alkanes of at least 4 members (excludes halogenated alkanes) is 3. The number of carbonyl (C=O) groups is 2. The molecule has 1 aromatic carbocycles. The number of carbonyl (C=O) groups excluding carboxylic acids is 2. The molecule has 1 amide bonds. The van der Waals surface area contributed by atoms with Crippen LogP contribution in [-0.4, -0.2) is 43.0 Å². The largest absolute Gasteiger partial charge is 0.452 e. The Bertz CT molecular complexity index is 671. The van der Waals surface area contributed by atoms with Crippen LogP contribution in [-0.2, 0) is 9.53 Å². The molecular formula is C19H27N3O5. The van der Waals surface area contributed by atoms with Gasteiger partial charge < -0.3 is 15.0 Å². The molecule has 2 rings (SSSR count). The maximum Gasteiger partial charge on any atom is 0.341 e.